The third-order valence-electron chi connectivity index (χ3n) is 3.97. The van der Waals surface area contributed by atoms with Crippen LogP contribution in [0.15, 0.2) is 36.5 Å². The predicted octanol–water partition coefficient (Wildman–Crippen LogP) is 3.85. The Morgan fingerprint density at radius 1 is 1.16 bits per heavy atom. The van der Waals surface area contributed by atoms with Crippen LogP contribution in [0.5, 0.6) is 0 Å². The lowest BCUT2D eigenvalue weighted by molar-refractivity contribution is -0.132. The quantitative estimate of drug-likeness (QED) is 0.508. The number of rotatable bonds is 9. The van der Waals surface area contributed by atoms with Crippen molar-refractivity contribution in [2.45, 2.75) is 45.7 Å². The summed E-state index contributed by atoms with van der Waals surface area (Å²) in [7, 11) is 0. The molecule has 0 fully saturated rings. The molecule has 25 heavy (non-hydrogen) atoms. The molecule has 134 valence electrons. The van der Waals surface area contributed by atoms with Crippen LogP contribution in [0, 0.1) is 6.92 Å². The molecule has 6 heteroatoms. The molecular weight excluding hydrogens is 380 g/mol. The van der Waals surface area contributed by atoms with Gasteiger partial charge in [-0.2, -0.15) is 0 Å². The number of benzene rings is 1. The number of nitrogen functional groups attached to an aromatic ring is 1. The molecular formula is C19H25BrN4O. The maximum atomic E-state index is 12.7. The fourth-order valence-corrected chi connectivity index (χ4v) is 2.98. The summed E-state index contributed by atoms with van der Waals surface area (Å²) in [5.74, 6) is 1.22. The Kier molecular flexibility index (Phi) is 7.85. The molecule has 0 radical (unpaired) electrons. The van der Waals surface area contributed by atoms with Crippen molar-refractivity contribution in [2.24, 2.45) is 0 Å². The second kappa shape index (κ2) is 10.1. The number of nitrogens with zero attached hydrogens (tertiary/aromatic N) is 3. The van der Waals surface area contributed by atoms with Crippen molar-refractivity contribution in [3.8, 4) is 0 Å². The van der Waals surface area contributed by atoms with Gasteiger partial charge >= 0.3 is 0 Å². The first-order valence-corrected chi connectivity index (χ1v) is 9.68. The smallest absolute Gasteiger partial charge is 0.223 e. The van der Waals surface area contributed by atoms with Gasteiger partial charge in [-0.25, -0.2) is 9.97 Å². The molecule has 0 spiro atoms. The van der Waals surface area contributed by atoms with Crippen molar-refractivity contribution in [2.75, 3.05) is 11.1 Å². The second-order valence-corrected chi connectivity index (χ2v) is 6.86. The molecule has 1 amide bonds. The number of nitrogens with two attached hydrogens (primary N) is 1. The minimum absolute atomic E-state index is 0.137. The van der Waals surface area contributed by atoms with Crippen molar-refractivity contribution in [3.05, 3.63) is 53.5 Å². The van der Waals surface area contributed by atoms with E-state index in [1.54, 1.807) is 13.1 Å². The van der Waals surface area contributed by atoms with Gasteiger partial charge in [0.1, 0.15) is 11.6 Å². The molecule has 0 aliphatic rings. The summed E-state index contributed by atoms with van der Waals surface area (Å²) < 4.78 is 0. The van der Waals surface area contributed by atoms with Crippen molar-refractivity contribution in [1.82, 2.24) is 14.9 Å². The number of unbranched alkanes of at least 4 members (excludes halogenated alkanes) is 2. The minimum atomic E-state index is 0.137. The number of aryl methyl sites for hydroxylation is 1. The van der Waals surface area contributed by atoms with Gasteiger partial charge in [0.15, 0.2) is 0 Å². The molecule has 0 saturated carbocycles. The molecule has 1 heterocycles. The van der Waals surface area contributed by atoms with Gasteiger partial charge in [0.2, 0.25) is 5.91 Å². The Balaban J connectivity index is 2.09. The lowest BCUT2D eigenvalue weighted by Gasteiger charge is -2.23. The van der Waals surface area contributed by atoms with Gasteiger partial charge in [-0.15, -0.1) is 0 Å². The van der Waals surface area contributed by atoms with E-state index >= 15 is 0 Å². The zero-order valence-electron chi connectivity index (χ0n) is 14.6. The number of halogens is 1. The number of hydrogen-bond donors (Lipinski definition) is 1. The predicted molar refractivity (Wildman–Crippen MR) is 104 cm³/mol. The Labute approximate surface area is 157 Å². The molecule has 2 rings (SSSR count). The lowest BCUT2D eigenvalue weighted by atomic mass is 10.1. The third-order valence-corrected chi connectivity index (χ3v) is 4.53. The first kappa shape index (κ1) is 19.4. The summed E-state index contributed by atoms with van der Waals surface area (Å²) in [6, 6.07) is 10.00. The van der Waals surface area contributed by atoms with Crippen LogP contribution in [0.25, 0.3) is 0 Å². The van der Waals surface area contributed by atoms with E-state index in [4.69, 9.17) is 5.73 Å². The van der Waals surface area contributed by atoms with Crippen LogP contribution in [0.1, 0.15) is 42.6 Å². The largest absolute Gasteiger partial charge is 0.383 e. The van der Waals surface area contributed by atoms with Gasteiger partial charge in [0.05, 0.1) is 6.54 Å². The molecule has 5 nitrogen and oxygen atoms in total. The van der Waals surface area contributed by atoms with Crippen molar-refractivity contribution >= 4 is 27.7 Å². The molecule has 0 aliphatic carbocycles. The summed E-state index contributed by atoms with van der Waals surface area (Å²) >= 11 is 3.42. The highest BCUT2D eigenvalue weighted by Crippen LogP contribution is 2.16. The number of carbonyl (C=O) groups excluding carboxylic acids is 1. The number of anilines is 1. The van der Waals surface area contributed by atoms with Crippen molar-refractivity contribution in [3.63, 3.8) is 0 Å². The molecule has 0 unspecified atom stereocenters. The summed E-state index contributed by atoms with van der Waals surface area (Å²) in [5.41, 5.74) is 7.90. The summed E-state index contributed by atoms with van der Waals surface area (Å²) in [6.45, 7) is 2.79. The standard InChI is InChI=1S/C19H25BrN4O/c1-15-22-12-17(19(21)23-15)14-24(13-16-8-4-2-5-9-16)18(25)10-6-3-7-11-20/h2,4-5,8-9,12H,3,6-7,10-11,13-14H2,1H3,(H2,21,22,23). The Hall–Kier alpha value is -1.95. The van der Waals surface area contributed by atoms with E-state index in [0.717, 1.165) is 35.7 Å². The van der Waals surface area contributed by atoms with Crippen molar-refractivity contribution < 1.29 is 4.79 Å². The molecule has 0 atom stereocenters. The van der Waals surface area contributed by atoms with Gasteiger partial charge in [-0.05, 0) is 25.3 Å². The molecule has 1 aromatic heterocycles. The second-order valence-electron chi connectivity index (χ2n) is 6.06. The molecule has 2 aromatic rings. The van der Waals surface area contributed by atoms with E-state index in [0.29, 0.717) is 31.2 Å². The SMILES string of the molecule is Cc1ncc(CN(Cc2ccccc2)C(=O)CCCCCBr)c(N)n1. The van der Waals surface area contributed by atoms with Crippen LogP contribution in [-0.4, -0.2) is 26.1 Å². The number of carbonyl (C=O) groups is 1. The molecule has 0 saturated heterocycles. The fraction of sp³-hybridized carbons (Fsp3) is 0.421. The van der Waals surface area contributed by atoms with Gasteiger partial charge in [-0.1, -0.05) is 52.7 Å². The average Bonchev–Trinajstić information content (AvgIpc) is 2.61. The summed E-state index contributed by atoms with van der Waals surface area (Å²) in [4.78, 5) is 23.0. The first-order valence-electron chi connectivity index (χ1n) is 8.56. The molecule has 0 aliphatic heterocycles. The molecule has 1 aromatic carbocycles. The van der Waals surface area contributed by atoms with Crippen LogP contribution >= 0.6 is 15.9 Å². The summed E-state index contributed by atoms with van der Waals surface area (Å²) in [5, 5.41) is 0.978. The first-order chi connectivity index (χ1) is 12.1. The van der Waals surface area contributed by atoms with Gasteiger partial charge in [0, 0.05) is 30.1 Å². The average molecular weight is 405 g/mol. The fourth-order valence-electron chi connectivity index (χ4n) is 2.58. The Bertz CT molecular complexity index is 678. The van der Waals surface area contributed by atoms with Crippen LogP contribution in [0.4, 0.5) is 5.82 Å². The van der Waals surface area contributed by atoms with E-state index < -0.39 is 0 Å². The monoisotopic (exact) mass is 404 g/mol. The van der Waals surface area contributed by atoms with E-state index in [1.165, 1.54) is 0 Å². The number of alkyl halides is 1. The highest BCUT2D eigenvalue weighted by molar-refractivity contribution is 9.09. The van der Waals surface area contributed by atoms with Crippen LogP contribution in [0.2, 0.25) is 0 Å². The summed E-state index contributed by atoms with van der Waals surface area (Å²) in [6.07, 6.45) is 5.30. The molecule has 0 bridgehead atoms. The van der Waals surface area contributed by atoms with Gasteiger partial charge in [0.25, 0.3) is 0 Å². The maximum absolute atomic E-state index is 12.7. The number of aromatic nitrogens is 2. The van der Waals surface area contributed by atoms with Crippen LogP contribution in [-0.2, 0) is 17.9 Å². The normalized spacial score (nSPS) is 10.6. The Morgan fingerprint density at radius 3 is 2.60 bits per heavy atom. The van der Waals surface area contributed by atoms with E-state index in [1.807, 2.05) is 35.2 Å². The third kappa shape index (κ3) is 6.46. The number of hydrogen-bond acceptors (Lipinski definition) is 4. The maximum Gasteiger partial charge on any atom is 0.223 e. The van der Waals surface area contributed by atoms with E-state index in [-0.39, 0.29) is 5.91 Å². The van der Waals surface area contributed by atoms with Crippen LogP contribution < -0.4 is 5.73 Å². The van der Waals surface area contributed by atoms with Crippen molar-refractivity contribution in [1.29, 1.82) is 0 Å². The topological polar surface area (TPSA) is 72.1 Å². The lowest BCUT2D eigenvalue weighted by Crippen LogP contribution is -2.30. The highest BCUT2D eigenvalue weighted by Gasteiger charge is 2.16. The van der Waals surface area contributed by atoms with Gasteiger partial charge in [-0.3, -0.25) is 4.79 Å². The molecule has 2 N–H and O–H groups in total. The van der Waals surface area contributed by atoms with E-state index in [2.05, 4.69) is 25.9 Å². The van der Waals surface area contributed by atoms with Crippen LogP contribution in [0.3, 0.4) is 0 Å². The highest BCUT2D eigenvalue weighted by atomic mass is 79.9. The number of amides is 1. The zero-order valence-corrected chi connectivity index (χ0v) is 16.2. The van der Waals surface area contributed by atoms with E-state index in [9.17, 15) is 4.79 Å². The Morgan fingerprint density at radius 2 is 1.92 bits per heavy atom. The zero-order chi connectivity index (χ0) is 18.1. The van der Waals surface area contributed by atoms with Gasteiger partial charge < -0.3 is 10.6 Å². The minimum Gasteiger partial charge on any atom is -0.383 e.